The van der Waals surface area contributed by atoms with E-state index in [0.717, 1.165) is 5.56 Å². The largest absolute Gasteiger partial charge is 0.497 e. The molecule has 1 fully saturated rings. The number of nitrogens with two attached hydrogens (primary N) is 1. The van der Waals surface area contributed by atoms with E-state index < -0.39 is 11.4 Å². The summed E-state index contributed by atoms with van der Waals surface area (Å²) in [6.07, 6.45) is 1.23. The maximum absolute atomic E-state index is 11.5. The van der Waals surface area contributed by atoms with Gasteiger partial charge in [-0.25, -0.2) is 0 Å². The summed E-state index contributed by atoms with van der Waals surface area (Å²) >= 11 is 0. The highest BCUT2D eigenvalue weighted by atomic mass is 16.5. The zero-order valence-corrected chi connectivity index (χ0v) is 9.85. The zero-order chi connectivity index (χ0) is 12.5. The Bertz CT molecular complexity index is 424. The van der Waals surface area contributed by atoms with Crippen LogP contribution in [0.2, 0.25) is 0 Å². The number of carboxylic acids is 1. The van der Waals surface area contributed by atoms with Gasteiger partial charge in [0.25, 0.3) is 0 Å². The standard InChI is InChI=1S/C13H17NO3/c1-17-11-4-2-3-10(5-11)13(12(15)16)6-9(7-13)8-14/h2-5,9H,6-8,14H2,1H3,(H,15,16). The highest BCUT2D eigenvalue weighted by Gasteiger charge is 2.51. The van der Waals surface area contributed by atoms with Crippen LogP contribution >= 0.6 is 0 Å². The van der Waals surface area contributed by atoms with E-state index in [1.54, 1.807) is 13.2 Å². The first-order valence-electron chi connectivity index (χ1n) is 5.70. The van der Waals surface area contributed by atoms with Crippen LogP contribution in [0.5, 0.6) is 5.75 Å². The quantitative estimate of drug-likeness (QED) is 0.827. The lowest BCUT2D eigenvalue weighted by atomic mass is 9.58. The Balaban J connectivity index is 2.31. The molecule has 0 amide bonds. The Morgan fingerprint density at radius 3 is 2.82 bits per heavy atom. The minimum Gasteiger partial charge on any atom is -0.497 e. The van der Waals surface area contributed by atoms with Gasteiger partial charge in [-0.3, -0.25) is 4.79 Å². The lowest BCUT2D eigenvalue weighted by molar-refractivity contribution is -0.149. The van der Waals surface area contributed by atoms with E-state index in [0.29, 0.717) is 31.1 Å². The van der Waals surface area contributed by atoms with Crippen molar-refractivity contribution in [2.45, 2.75) is 18.3 Å². The van der Waals surface area contributed by atoms with Gasteiger partial charge in [0.15, 0.2) is 0 Å². The van der Waals surface area contributed by atoms with Crippen LogP contribution in [0, 0.1) is 5.92 Å². The van der Waals surface area contributed by atoms with E-state index >= 15 is 0 Å². The molecule has 1 aliphatic rings. The van der Waals surface area contributed by atoms with Gasteiger partial charge in [-0.15, -0.1) is 0 Å². The van der Waals surface area contributed by atoms with Crippen molar-refractivity contribution in [2.24, 2.45) is 11.7 Å². The average Bonchev–Trinajstić information content (AvgIpc) is 2.28. The maximum atomic E-state index is 11.5. The van der Waals surface area contributed by atoms with Crippen LogP contribution in [0.1, 0.15) is 18.4 Å². The summed E-state index contributed by atoms with van der Waals surface area (Å²) in [6.45, 7) is 0.555. The molecule has 1 aliphatic carbocycles. The van der Waals surface area contributed by atoms with Crippen LogP contribution in [0.3, 0.4) is 0 Å². The smallest absolute Gasteiger partial charge is 0.314 e. The molecule has 0 unspecified atom stereocenters. The molecule has 2 rings (SSSR count). The third kappa shape index (κ3) is 1.89. The van der Waals surface area contributed by atoms with Gasteiger partial charge in [0.1, 0.15) is 5.75 Å². The van der Waals surface area contributed by atoms with Gasteiger partial charge in [-0.05, 0) is 43.0 Å². The number of carboxylic acid groups (broad SMARTS) is 1. The summed E-state index contributed by atoms with van der Waals surface area (Å²) < 4.78 is 5.13. The zero-order valence-electron chi connectivity index (χ0n) is 9.85. The first-order valence-corrected chi connectivity index (χ1v) is 5.70. The Labute approximate surface area is 100 Å². The second-order valence-electron chi connectivity index (χ2n) is 4.63. The number of rotatable bonds is 4. The highest BCUT2D eigenvalue weighted by Crippen LogP contribution is 2.48. The predicted molar refractivity (Wildman–Crippen MR) is 64.1 cm³/mol. The molecule has 4 nitrogen and oxygen atoms in total. The molecule has 0 aliphatic heterocycles. The molecule has 1 aromatic rings. The van der Waals surface area contributed by atoms with E-state index in [2.05, 4.69) is 0 Å². The maximum Gasteiger partial charge on any atom is 0.314 e. The molecule has 0 atom stereocenters. The number of ether oxygens (including phenoxy) is 1. The Morgan fingerprint density at radius 2 is 2.29 bits per heavy atom. The number of benzene rings is 1. The van der Waals surface area contributed by atoms with Crippen molar-refractivity contribution in [3.05, 3.63) is 29.8 Å². The van der Waals surface area contributed by atoms with Gasteiger partial charge in [0, 0.05) is 0 Å². The summed E-state index contributed by atoms with van der Waals surface area (Å²) in [7, 11) is 1.58. The monoisotopic (exact) mass is 235 g/mol. The molecule has 0 spiro atoms. The van der Waals surface area contributed by atoms with Gasteiger partial charge in [0.2, 0.25) is 0 Å². The summed E-state index contributed by atoms with van der Waals surface area (Å²) in [6, 6.07) is 7.30. The minimum atomic E-state index is -0.768. The van der Waals surface area contributed by atoms with Crippen molar-refractivity contribution in [3.63, 3.8) is 0 Å². The van der Waals surface area contributed by atoms with Crippen molar-refractivity contribution >= 4 is 5.97 Å². The van der Waals surface area contributed by atoms with Crippen LogP contribution in [-0.4, -0.2) is 24.7 Å². The predicted octanol–water partition coefficient (Wildman–Crippen LogP) is 1.39. The topological polar surface area (TPSA) is 72.5 Å². The fraction of sp³-hybridized carbons (Fsp3) is 0.462. The molecule has 4 heteroatoms. The van der Waals surface area contributed by atoms with E-state index in [1.165, 1.54) is 0 Å². The number of carbonyl (C=O) groups is 1. The Hall–Kier alpha value is -1.55. The lowest BCUT2D eigenvalue weighted by Crippen LogP contribution is -2.49. The van der Waals surface area contributed by atoms with E-state index in [1.807, 2.05) is 18.2 Å². The summed E-state index contributed by atoms with van der Waals surface area (Å²) in [5, 5.41) is 9.43. The van der Waals surface area contributed by atoms with E-state index in [9.17, 15) is 9.90 Å². The van der Waals surface area contributed by atoms with Crippen LogP contribution in [0.4, 0.5) is 0 Å². The Morgan fingerprint density at radius 1 is 1.59 bits per heavy atom. The number of aliphatic carboxylic acids is 1. The van der Waals surface area contributed by atoms with Gasteiger partial charge < -0.3 is 15.6 Å². The average molecular weight is 235 g/mol. The van der Waals surface area contributed by atoms with Crippen molar-refractivity contribution in [1.29, 1.82) is 0 Å². The van der Waals surface area contributed by atoms with E-state index in [-0.39, 0.29) is 0 Å². The minimum absolute atomic E-state index is 0.317. The highest BCUT2D eigenvalue weighted by molar-refractivity contribution is 5.83. The molecule has 0 bridgehead atoms. The second kappa shape index (κ2) is 4.37. The first kappa shape index (κ1) is 11.9. The molecule has 92 valence electrons. The molecular formula is C13H17NO3. The molecule has 0 aromatic heterocycles. The molecule has 0 heterocycles. The summed E-state index contributed by atoms with van der Waals surface area (Å²) in [4.78, 5) is 11.5. The van der Waals surface area contributed by atoms with Crippen molar-refractivity contribution in [2.75, 3.05) is 13.7 Å². The van der Waals surface area contributed by atoms with Gasteiger partial charge in [-0.1, -0.05) is 12.1 Å². The second-order valence-corrected chi connectivity index (χ2v) is 4.63. The molecular weight excluding hydrogens is 218 g/mol. The fourth-order valence-electron chi connectivity index (χ4n) is 2.55. The molecule has 1 saturated carbocycles. The van der Waals surface area contributed by atoms with Crippen molar-refractivity contribution < 1.29 is 14.6 Å². The normalized spacial score (nSPS) is 27.3. The van der Waals surface area contributed by atoms with Crippen LogP contribution in [-0.2, 0) is 10.2 Å². The molecule has 3 N–H and O–H groups in total. The third-order valence-electron chi connectivity index (χ3n) is 3.64. The van der Waals surface area contributed by atoms with E-state index in [4.69, 9.17) is 10.5 Å². The number of hydrogen-bond acceptors (Lipinski definition) is 3. The van der Waals surface area contributed by atoms with Gasteiger partial charge >= 0.3 is 5.97 Å². The van der Waals surface area contributed by atoms with Crippen LogP contribution in [0.15, 0.2) is 24.3 Å². The molecule has 0 radical (unpaired) electrons. The lowest BCUT2D eigenvalue weighted by Gasteiger charge is -2.44. The number of methoxy groups -OCH3 is 1. The van der Waals surface area contributed by atoms with Crippen LogP contribution in [0.25, 0.3) is 0 Å². The molecule has 1 aromatic carbocycles. The number of hydrogen-bond donors (Lipinski definition) is 2. The molecule has 17 heavy (non-hydrogen) atoms. The first-order chi connectivity index (χ1) is 8.12. The Kier molecular flexibility index (Phi) is 3.07. The van der Waals surface area contributed by atoms with Crippen LogP contribution < -0.4 is 10.5 Å². The van der Waals surface area contributed by atoms with Crippen molar-refractivity contribution in [1.82, 2.24) is 0 Å². The van der Waals surface area contributed by atoms with Gasteiger partial charge in [-0.2, -0.15) is 0 Å². The van der Waals surface area contributed by atoms with Gasteiger partial charge in [0.05, 0.1) is 12.5 Å². The fourth-order valence-corrected chi connectivity index (χ4v) is 2.55. The summed E-state index contributed by atoms with van der Waals surface area (Å²) in [5.41, 5.74) is 5.62. The third-order valence-corrected chi connectivity index (χ3v) is 3.64. The van der Waals surface area contributed by atoms with Crippen molar-refractivity contribution in [3.8, 4) is 5.75 Å². The molecule has 0 saturated heterocycles. The summed E-state index contributed by atoms with van der Waals surface area (Å²) in [5.74, 6) is 0.243. The SMILES string of the molecule is COc1cccc(C2(C(=O)O)CC(CN)C2)c1.